The molecule has 0 spiro atoms. The number of ether oxygens (including phenoxy) is 1. The third kappa shape index (κ3) is 3.58. The lowest BCUT2D eigenvalue weighted by molar-refractivity contribution is -0.267. The van der Waals surface area contributed by atoms with Gasteiger partial charge in [-0.1, -0.05) is 19.1 Å². The molecular weight excluding hydrogens is 285 g/mol. The van der Waals surface area contributed by atoms with Crippen molar-refractivity contribution in [3.8, 4) is 5.75 Å². The standard InChI is InChI=1S/C12H12F5NO2/c1-2-7-20-9-6-4-3-5-8(9)18-10(19)11(13,14)12(15,16)17/h3-6H,2,7H2,1H3,(H,18,19). The first-order valence-electron chi connectivity index (χ1n) is 5.68. The molecule has 112 valence electrons. The van der Waals surface area contributed by atoms with Crippen LogP contribution in [-0.4, -0.2) is 24.6 Å². The molecule has 20 heavy (non-hydrogen) atoms. The Balaban J connectivity index is 2.91. The Labute approximate surface area is 111 Å². The Hall–Kier alpha value is -1.86. The zero-order chi connectivity index (χ0) is 15.4. The molecule has 0 bridgehead atoms. The number of rotatable bonds is 5. The van der Waals surface area contributed by atoms with E-state index in [1.54, 1.807) is 6.92 Å². The van der Waals surface area contributed by atoms with Crippen LogP contribution < -0.4 is 10.1 Å². The average molecular weight is 297 g/mol. The van der Waals surface area contributed by atoms with Gasteiger partial charge in [-0.15, -0.1) is 0 Å². The van der Waals surface area contributed by atoms with Crippen LogP contribution in [0, 0.1) is 0 Å². The van der Waals surface area contributed by atoms with E-state index in [0.29, 0.717) is 6.42 Å². The molecule has 3 nitrogen and oxygen atoms in total. The van der Waals surface area contributed by atoms with Gasteiger partial charge >= 0.3 is 18.0 Å². The molecule has 0 fully saturated rings. The largest absolute Gasteiger partial charge is 0.491 e. The molecule has 1 aromatic carbocycles. The van der Waals surface area contributed by atoms with E-state index in [4.69, 9.17) is 4.74 Å². The molecule has 0 saturated carbocycles. The van der Waals surface area contributed by atoms with Gasteiger partial charge in [-0.2, -0.15) is 22.0 Å². The fourth-order valence-corrected chi connectivity index (χ4v) is 1.24. The summed E-state index contributed by atoms with van der Waals surface area (Å²) in [6, 6.07) is 5.41. The summed E-state index contributed by atoms with van der Waals surface area (Å²) >= 11 is 0. The molecule has 1 rings (SSSR count). The van der Waals surface area contributed by atoms with Crippen molar-refractivity contribution in [1.29, 1.82) is 0 Å². The van der Waals surface area contributed by atoms with E-state index in [1.165, 1.54) is 29.6 Å². The van der Waals surface area contributed by atoms with E-state index < -0.39 is 18.0 Å². The smallest absolute Gasteiger partial charge is 0.463 e. The number of anilines is 1. The van der Waals surface area contributed by atoms with Crippen LogP contribution in [0.2, 0.25) is 0 Å². The van der Waals surface area contributed by atoms with Gasteiger partial charge in [-0.3, -0.25) is 4.79 Å². The minimum Gasteiger partial charge on any atom is -0.491 e. The van der Waals surface area contributed by atoms with Gasteiger partial charge in [-0.25, -0.2) is 0 Å². The fraction of sp³-hybridized carbons (Fsp3) is 0.417. The van der Waals surface area contributed by atoms with Gasteiger partial charge in [0.2, 0.25) is 0 Å². The Morgan fingerprint density at radius 1 is 1.20 bits per heavy atom. The monoisotopic (exact) mass is 297 g/mol. The maximum Gasteiger partial charge on any atom is 0.463 e. The summed E-state index contributed by atoms with van der Waals surface area (Å²) in [6.07, 6.45) is -5.34. The zero-order valence-corrected chi connectivity index (χ0v) is 10.4. The van der Waals surface area contributed by atoms with Gasteiger partial charge < -0.3 is 10.1 Å². The molecule has 0 aliphatic rings. The molecule has 8 heteroatoms. The molecule has 0 heterocycles. The molecule has 1 amide bonds. The molecule has 1 N–H and O–H groups in total. The number of carbonyl (C=O) groups excluding carboxylic acids is 1. The molecule has 0 aliphatic heterocycles. The number of benzene rings is 1. The second kappa shape index (κ2) is 6.06. The predicted molar refractivity (Wildman–Crippen MR) is 61.9 cm³/mol. The highest BCUT2D eigenvalue weighted by molar-refractivity contribution is 5.97. The second-order valence-electron chi connectivity index (χ2n) is 3.87. The maximum absolute atomic E-state index is 12.8. The lowest BCUT2D eigenvalue weighted by atomic mass is 10.2. The third-order valence-corrected chi connectivity index (χ3v) is 2.24. The maximum atomic E-state index is 12.8. The molecule has 0 unspecified atom stereocenters. The van der Waals surface area contributed by atoms with E-state index in [2.05, 4.69) is 0 Å². The van der Waals surface area contributed by atoms with Crippen molar-refractivity contribution >= 4 is 11.6 Å². The molecule has 0 aliphatic carbocycles. The lowest BCUT2D eigenvalue weighted by Gasteiger charge is -2.19. The summed E-state index contributed by atoms with van der Waals surface area (Å²) in [5.74, 6) is -7.89. The van der Waals surface area contributed by atoms with E-state index in [1.807, 2.05) is 0 Å². The van der Waals surface area contributed by atoms with E-state index >= 15 is 0 Å². The minimum absolute atomic E-state index is 0.0284. The Kier molecular flexibility index (Phi) is 4.91. The highest BCUT2D eigenvalue weighted by Crippen LogP contribution is 2.37. The number of hydrogen-bond acceptors (Lipinski definition) is 2. The van der Waals surface area contributed by atoms with Crippen LogP contribution in [-0.2, 0) is 4.79 Å². The number of carbonyl (C=O) groups is 1. The zero-order valence-electron chi connectivity index (χ0n) is 10.4. The Morgan fingerprint density at radius 3 is 2.35 bits per heavy atom. The number of hydrogen-bond donors (Lipinski definition) is 1. The van der Waals surface area contributed by atoms with Gasteiger partial charge in [0.05, 0.1) is 12.3 Å². The minimum atomic E-state index is -5.95. The van der Waals surface area contributed by atoms with Crippen LogP contribution in [0.1, 0.15) is 13.3 Å². The van der Waals surface area contributed by atoms with Crippen LogP contribution in [0.25, 0.3) is 0 Å². The predicted octanol–water partition coefficient (Wildman–Crippen LogP) is 3.61. The molecule has 0 atom stereocenters. The normalized spacial score (nSPS) is 12.1. The molecule has 0 saturated heterocycles. The topological polar surface area (TPSA) is 38.3 Å². The summed E-state index contributed by atoms with van der Waals surface area (Å²) < 4.78 is 66.9. The molecule has 1 aromatic rings. The van der Waals surface area contributed by atoms with Crippen LogP contribution in [0.5, 0.6) is 5.75 Å². The summed E-state index contributed by atoms with van der Waals surface area (Å²) in [5, 5.41) is 1.53. The number of para-hydroxylation sites is 2. The van der Waals surface area contributed by atoms with Crippen molar-refractivity contribution in [2.24, 2.45) is 0 Å². The van der Waals surface area contributed by atoms with Crippen molar-refractivity contribution in [2.45, 2.75) is 25.4 Å². The first-order chi connectivity index (χ1) is 9.20. The van der Waals surface area contributed by atoms with Crippen molar-refractivity contribution in [2.75, 3.05) is 11.9 Å². The van der Waals surface area contributed by atoms with Crippen LogP contribution in [0.4, 0.5) is 27.6 Å². The van der Waals surface area contributed by atoms with Gasteiger partial charge in [0.15, 0.2) is 0 Å². The molecule has 0 aromatic heterocycles. The molecular formula is C12H12F5NO2. The quantitative estimate of drug-likeness (QED) is 0.843. The highest BCUT2D eigenvalue weighted by atomic mass is 19.4. The van der Waals surface area contributed by atoms with Gasteiger partial charge in [0.1, 0.15) is 5.75 Å². The first-order valence-corrected chi connectivity index (χ1v) is 5.68. The number of amides is 1. The second-order valence-corrected chi connectivity index (χ2v) is 3.87. The van der Waals surface area contributed by atoms with Crippen LogP contribution >= 0.6 is 0 Å². The van der Waals surface area contributed by atoms with Crippen molar-refractivity contribution in [1.82, 2.24) is 0 Å². The summed E-state index contributed by atoms with van der Waals surface area (Å²) in [5.41, 5.74) is -0.241. The fourth-order valence-electron chi connectivity index (χ4n) is 1.24. The van der Waals surface area contributed by atoms with Gasteiger partial charge in [0.25, 0.3) is 0 Å². The van der Waals surface area contributed by atoms with Gasteiger partial charge in [0, 0.05) is 0 Å². The Bertz CT molecular complexity index is 473. The number of nitrogens with one attached hydrogen (secondary N) is 1. The van der Waals surface area contributed by atoms with Crippen molar-refractivity contribution in [3.05, 3.63) is 24.3 Å². The first kappa shape index (κ1) is 16.2. The highest BCUT2D eigenvalue weighted by Gasteiger charge is 2.63. The van der Waals surface area contributed by atoms with Crippen LogP contribution in [0.15, 0.2) is 24.3 Å². The lowest BCUT2D eigenvalue weighted by Crippen LogP contribution is -2.47. The molecule has 0 radical (unpaired) electrons. The average Bonchev–Trinajstić information content (AvgIpc) is 2.36. The third-order valence-electron chi connectivity index (χ3n) is 2.24. The van der Waals surface area contributed by atoms with E-state index in [9.17, 15) is 26.7 Å². The van der Waals surface area contributed by atoms with Crippen LogP contribution in [0.3, 0.4) is 0 Å². The SMILES string of the molecule is CCCOc1ccccc1NC(=O)C(F)(F)C(F)(F)F. The van der Waals surface area contributed by atoms with Crippen molar-refractivity contribution < 1.29 is 31.5 Å². The Morgan fingerprint density at radius 2 is 1.80 bits per heavy atom. The number of halogens is 5. The van der Waals surface area contributed by atoms with Crippen molar-refractivity contribution in [3.63, 3.8) is 0 Å². The van der Waals surface area contributed by atoms with E-state index in [-0.39, 0.29) is 18.0 Å². The summed E-state index contributed by atoms with van der Waals surface area (Å²) in [6.45, 7) is 2.03. The summed E-state index contributed by atoms with van der Waals surface area (Å²) in [4.78, 5) is 11.1. The number of alkyl halides is 5. The van der Waals surface area contributed by atoms with Gasteiger partial charge in [-0.05, 0) is 18.6 Å². The van der Waals surface area contributed by atoms with E-state index in [0.717, 1.165) is 0 Å². The summed E-state index contributed by atoms with van der Waals surface area (Å²) in [7, 11) is 0.